The summed E-state index contributed by atoms with van der Waals surface area (Å²) in [6.07, 6.45) is 0.458. The average Bonchev–Trinajstić information content (AvgIpc) is 2.71. The summed E-state index contributed by atoms with van der Waals surface area (Å²) in [6.45, 7) is 1.35. The number of carbonyl (C=O) groups excluding carboxylic acids is 1. The van der Waals surface area contributed by atoms with Crippen LogP contribution < -0.4 is 16.0 Å². The van der Waals surface area contributed by atoms with Gasteiger partial charge in [0.25, 0.3) is 0 Å². The smallest absolute Gasteiger partial charge is 0.225 e. The first-order chi connectivity index (χ1) is 13.7. The fourth-order valence-electron chi connectivity index (χ4n) is 3.16. The molecule has 7 heteroatoms. The van der Waals surface area contributed by atoms with Crippen LogP contribution in [-0.4, -0.2) is 37.8 Å². The first-order valence-corrected chi connectivity index (χ1v) is 10.5. The summed E-state index contributed by atoms with van der Waals surface area (Å²) < 4.78 is 13.6. The molecule has 0 fully saturated rings. The molecule has 1 unspecified atom stereocenters. The number of anilines is 1. The van der Waals surface area contributed by atoms with E-state index in [1.54, 1.807) is 24.9 Å². The topological polar surface area (TPSA) is 65.5 Å². The lowest BCUT2D eigenvalue weighted by atomic mass is 9.90. The highest BCUT2D eigenvalue weighted by Crippen LogP contribution is 2.31. The minimum absolute atomic E-state index is 0.0398. The van der Waals surface area contributed by atoms with Crippen molar-refractivity contribution in [2.45, 2.75) is 18.1 Å². The number of guanidine groups is 1. The van der Waals surface area contributed by atoms with E-state index in [4.69, 9.17) is 0 Å². The van der Waals surface area contributed by atoms with Gasteiger partial charge < -0.3 is 16.0 Å². The molecular formula is C21H25FN4OS. The van der Waals surface area contributed by atoms with Gasteiger partial charge in [-0.2, -0.15) is 11.8 Å². The van der Waals surface area contributed by atoms with Crippen LogP contribution in [0.2, 0.25) is 0 Å². The van der Waals surface area contributed by atoms with Crippen LogP contribution in [-0.2, 0) is 10.5 Å². The molecule has 3 rings (SSSR count). The summed E-state index contributed by atoms with van der Waals surface area (Å²) in [4.78, 5) is 16.2. The lowest BCUT2D eigenvalue weighted by Crippen LogP contribution is -2.41. The molecule has 3 N–H and O–H groups in total. The largest absolute Gasteiger partial charge is 0.356 e. The summed E-state index contributed by atoms with van der Waals surface area (Å²) in [5, 5.41) is 9.49. The van der Waals surface area contributed by atoms with Crippen molar-refractivity contribution in [3.63, 3.8) is 0 Å². The van der Waals surface area contributed by atoms with E-state index < -0.39 is 0 Å². The molecule has 2 aromatic carbocycles. The van der Waals surface area contributed by atoms with Crippen molar-refractivity contribution in [2.75, 3.05) is 31.2 Å². The number of hydrogen-bond acceptors (Lipinski definition) is 3. The maximum atomic E-state index is 13.6. The molecule has 0 aliphatic carbocycles. The monoisotopic (exact) mass is 400 g/mol. The maximum Gasteiger partial charge on any atom is 0.225 e. The predicted molar refractivity (Wildman–Crippen MR) is 114 cm³/mol. The van der Waals surface area contributed by atoms with Crippen molar-refractivity contribution >= 4 is 29.3 Å². The third-order valence-corrected chi connectivity index (χ3v) is 5.61. The molecule has 0 saturated carbocycles. The molecule has 5 nitrogen and oxygen atoms in total. The Balaban J connectivity index is 1.42. The lowest BCUT2D eigenvalue weighted by molar-refractivity contribution is -0.116. The Bertz CT molecular complexity index is 843. The summed E-state index contributed by atoms with van der Waals surface area (Å²) in [5.41, 5.74) is 2.76. The number of rotatable bonds is 7. The first kappa shape index (κ1) is 20.2. The van der Waals surface area contributed by atoms with E-state index >= 15 is 0 Å². The van der Waals surface area contributed by atoms with Crippen LogP contribution in [0.25, 0.3) is 0 Å². The van der Waals surface area contributed by atoms with Crippen molar-refractivity contribution in [3.05, 3.63) is 65.5 Å². The SMILES string of the molecule is CN=C(NCCSCc1ccccc1F)NCC1CC(=O)Nc2ccccc21. The van der Waals surface area contributed by atoms with Crippen LogP contribution in [0.3, 0.4) is 0 Å². The summed E-state index contributed by atoms with van der Waals surface area (Å²) >= 11 is 1.67. The number of nitrogens with zero attached hydrogens (tertiary/aromatic N) is 1. The van der Waals surface area contributed by atoms with Crippen LogP contribution in [0.1, 0.15) is 23.5 Å². The standard InChI is InChI=1S/C21H25FN4OS/c1-23-21(24-10-11-28-14-15-6-2-4-8-18(15)22)25-13-16-12-20(27)26-19-9-5-3-7-17(16)19/h2-9,16H,10-14H2,1H3,(H,26,27)(H2,23,24,25). The molecule has 1 aliphatic heterocycles. The van der Waals surface area contributed by atoms with Gasteiger partial charge in [0.05, 0.1) is 0 Å². The van der Waals surface area contributed by atoms with Crippen LogP contribution >= 0.6 is 11.8 Å². The van der Waals surface area contributed by atoms with E-state index in [-0.39, 0.29) is 17.6 Å². The highest BCUT2D eigenvalue weighted by molar-refractivity contribution is 7.98. The van der Waals surface area contributed by atoms with Gasteiger partial charge in [-0.15, -0.1) is 0 Å². The van der Waals surface area contributed by atoms with Crippen molar-refractivity contribution in [2.24, 2.45) is 4.99 Å². The number of thioether (sulfide) groups is 1. The zero-order chi connectivity index (χ0) is 19.8. The van der Waals surface area contributed by atoms with Gasteiger partial charge in [0.1, 0.15) is 5.82 Å². The number of halogens is 1. The van der Waals surface area contributed by atoms with E-state index in [1.165, 1.54) is 6.07 Å². The molecule has 0 bridgehead atoms. The van der Waals surface area contributed by atoms with Crippen molar-refractivity contribution in [3.8, 4) is 0 Å². The van der Waals surface area contributed by atoms with Crippen LogP contribution in [0, 0.1) is 5.82 Å². The van der Waals surface area contributed by atoms with Gasteiger partial charge in [0, 0.05) is 49.7 Å². The molecule has 148 valence electrons. The first-order valence-electron chi connectivity index (χ1n) is 9.32. The zero-order valence-electron chi connectivity index (χ0n) is 15.9. The fraction of sp³-hybridized carbons (Fsp3) is 0.333. The number of para-hydroxylation sites is 1. The van der Waals surface area contributed by atoms with E-state index in [0.29, 0.717) is 24.7 Å². The Labute approximate surface area is 169 Å². The highest BCUT2D eigenvalue weighted by Gasteiger charge is 2.24. The van der Waals surface area contributed by atoms with E-state index in [0.717, 1.165) is 29.1 Å². The molecule has 28 heavy (non-hydrogen) atoms. The van der Waals surface area contributed by atoms with Gasteiger partial charge in [-0.1, -0.05) is 36.4 Å². The zero-order valence-corrected chi connectivity index (χ0v) is 16.7. The highest BCUT2D eigenvalue weighted by atomic mass is 32.2. The van der Waals surface area contributed by atoms with E-state index in [1.807, 2.05) is 30.3 Å². The molecule has 1 amide bonds. The molecule has 1 heterocycles. The molecule has 0 radical (unpaired) electrons. The number of carbonyl (C=O) groups is 1. The van der Waals surface area contributed by atoms with Gasteiger partial charge in [0.15, 0.2) is 5.96 Å². The Kier molecular flexibility index (Phi) is 7.31. The minimum atomic E-state index is -0.155. The summed E-state index contributed by atoms with van der Waals surface area (Å²) in [5.74, 6) is 2.18. The Hall–Kier alpha value is -2.54. The Morgan fingerprint density at radius 3 is 2.82 bits per heavy atom. The minimum Gasteiger partial charge on any atom is -0.356 e. The van der Waals surface area contributed by atoms with Gasteiger partial charge >= 0.3 is 0 Å². The second-order valence-electron chi connectivity index (χ2n) is 6.56. The number of nitrogens with one attached hydrogen (secondary N) is 3. The molecule has 1 aliphatic rings. The van der Waals surface area contributed by atoms with Crippen LogP contribution in [0.4, 0.5) is 10.1 Å². The molecule has 1 atom stereocenters. The molecule has 2 aromatic rings. The van der Waals surface area contributed by atoms with E-state index in [2.05, 4.69) is 27.0 Å². The number of amides is 1. The van der Waals surface area contributed by atoms with Crippen LogP contribution in [0.5, 0.6) is 0 Å². The quantitative estimate of drug-likeness (QED) is 0.379. The van der Waals surface area contributed by atoms with Gasteiger partial charge in [-0.05, 0) is 23.3 Å². The molecule has 0 saturated heterocycles. The lowest BCUT2D eigenvalue weighted by Gasteiger charge is -2.26. The third kappa shape index (κ3) is 5.48. The van der Waals surface area contributed by atoms with Crippen molar-refractivity contribution in [1.29, 1.82) is 0 Å². The third-order valence-electron chi connectivity index (χ3n) is 4.60. The average molecular weight is 401 g/mol. The number of hydrogen-bond donors (Lipinski definition) is 3. The second kappa shape index (κ2) is 10.1. The van der Waals surface area contributed by atoms with Crippen LogP contribution in [0.15, 0.2) is 53.5 Å². The molecule has 0 spiro atoms. The van der Waals surface area contributed by atoms with Crippen molar-refractivity contribution in [1.82, 2.24) is 10.6 Å². The summed E-state index contributed by atoms with van der Waals surface area (Å²) in [7, 11) is 1.73. The van der Waals surface area contributed by atoms with Gasteiger partial charge in [0.2, 0.25) is 5.91 Å². The number of benzene rings is 2. The Morgan fingerprint density at radius 1 is 1.21 bits per heavy atom. The molecule has 0 aromatic heterocycles. The van der Waals surface area contributed by atoms with Gasteiger partial charge in [-0.25, -0.2) is 4.39 Å². The predicted octanol–water partition coefficient (Wildman–Crippen LogP) is 3.35. The number of aliphatic imine (C=N–C) groups is 1. The normalized spacial score (nSPS) is 16.3. The summed E-state index contributed by atoms with van der Waals surface area (Å²) in [6, 6.07) is 14.8. The number of fused-ring (bicyclic) bond motifs is 1. The molecular weight excluding hydrogens is 375 g/mol. The second-order valence-corrected chi connectivity index (χ2v) is 7.67. The van der Waals surface area contributed by atoms with Gasteiger partial charge in [-0.3, -0.25) is 9.79 Å². The Morgan fingerprint density at radius 2 is 2.00 bits per heavy atom. The van der Waals surface area contributed by atoms with E-state index in [9.17, 15) is 9.18 Å². The fourth-order valence-corrected chi connectivity index (χ4v) is 4.01. The maximum absolute atomic E-state index is 13.6. The van der Waals surface area contributed by atoms with Crippen molar-refractivity contribution < 1.29 is 9.18 Å².